The van der Waals surface area contributed by atoms with Crippen LogP contribution in [0.4, 0.5) is 5.69 Å². The van der Waals surface area contributed by atoms with E-state index in [0.29, 0.717) is 0 Å². The normalized spacial score (nSPS) is 13.5. The summed E-state index contributed by atoms with van der Waals surface area (Å²) in [5.41, 5.74) is 4.76. The van der Waals surface area contributed by atoms with Crippen molar-refractivity contribution in [1.29, 1.82) is 0 Å². The van der Waals surface area contributed by atoms with E-state index in [9.17, 15) is 0 Å². The minimum atomic E-state index is 0.956. The SMILES string of the molecule is C=Cc1ccc2c(c1/C=C\C)N=CC2. The zero-order valence-electron chi connectivity index (χ0n) is 8.33. The summed E-state index contributed by atoms with van der Waals surface area (Å²) >= 11 is 0. The second-order valence-corrected chi connectivity index (χ2v) is 3.30. The molecule has 1 heterocycles. The topological polar surface area (TPSA) is 12.4 Å². The molecule has 0 fully saturated rings. The first-order valence-corrected chi connectivity index (χ1v) is 4.80. The first-order valence-electron chi connectivity index (χ1n) is 4.80. The summed E-state index contributed by atoms with van der Waals surface area (Å²) in [6.07, 6.45) is 8.93. The van der Waals surface area contributed by atoms with Crippen molar-refractivity contribution in [1.82, 2.24) is 0 Å². The van der Waals surface area contributed by atoms with Gasteiger partial charge >= 0.3 is 0 Å². The highest BCUT2D eigenvalue weighted by molar-refractivity contribution is 5.84. The van der Waals surface area contributed by atoms with E-state index in [-0.39, 0.29) is 0 Å². The Morgan fingerprint density at radius 3 is 3.00 bits per heavy atom. The van der Waals surface area contributed by atoms with E-state index >= 15 is 0 Å². The molecule has 1 nitrogen and oxygen atoms in total. The summed E-state index contributed by atoms with van der Waals surface area (Å²) < 4.78 is 0. The maximum absolute atomic E-state index is 4.40. The van der Waals surface area contributed by atoms with Crippen LogP contribution < -0.4 is 0 Å². The molecule has 1 aromatic rings. The van der Waals surface area contributed by atoms with Crippen LogP contribution in [0, 0.1) is 0 Å². The zero-order valence-corrected chi connectivity index (χ0v) is 8.33. The summed E-state index contributed by atoms with van der Waals surface area (Å²) in [5.74, 6) is 0. The fraction of sp³-hybridized carbons (Fsp3) is 0.154. The predicted octanol–water partition coefficient (Wildman–Crippen LogP) is 3.62. The number of allylic oxidation sites excluding steroid dienone is 1. The Morgan fingerprint density at radius 2 is 2.29 bits per heavy atom. The number of rotatable bonds is 2. The highest BCUT2D eigenvalue weighted by Crippen LogP contribution is 2.32. The first kappa shape index (κ1) is 8.95. The summed E-state index contributed by atoms with van der Waals surface area (Å²) in [6, 6.07) is 4.24. The molecule has 2 rings (SSSR count). The third kappa shape index (κ3) is 1.31. The molecule has 0 aliphatic carbocycles. The largest absolute Gasteiger partial charge is 0.260 e. The third-order valence-electron chi connectivity index (χ3n) is 2.42. The van der Waals surface area contributed by atoms with Crippen molar-refractivity contribution >= 4 is 24.1 Å². The van der Waals surface area contributed by atoms with Gasteiger partial charge in [-0.2, -0.15) is 0 Å². The quantitative estimate of drug-likeness (QED) is 0.664. The second-order valence-electron chi connectivity index (χ2n) is 3.30. The number of hydrogen-bond acceptors (Lipinski definition) is 1. The van der Waals surface area contributed by atoms with Crippen LogP contribution in [0.25, 0.3) is 12.2 Å². The van der Waals surface area contributed by atoms with Crippen LogP contribution >= 0.6 is 0 Å². The molecule has 0 atom stereocenters. The van der Waals surface area contributed by atoms with Crippen molar-refractivity contribution in [3.63, 3.8) is 0 Å². The first-order chi connectivity index (χ1) is 6.86. The summed E-state index contributed by atoms with van der Waals surface area (Å²) in [7, 11) is 0. The van der Waals surface area contributed by atoms with E-state index in [4.69, 9.17) is 0 Å². The fourth-order valence-electron chi connectivity index (χ4n) is 1.74. The van der Waals surface area contributed by atoms with Gasteiger partial charge in [0.1, 0.15) is 0 Å². The van der Waals surface area contributed by atoms with E-state index in [2.05, 4.69) is 29.8 Å². The van der Waals surface area contributed by atoms with Gasteiger partial charge in [-0.3, -0.25) is 4.99 Å². The van der Waals surface area contributed by atoms with Gasteiger partial charge in [-0.1, -0.05) is 36.9 Å². The zero-order chi connectivity index (χ0) is 9.97. The number of aliphatic imine (C=N–C) groups is 1. The van der Waals surface area contributed by atoms with Gasteiger partial charge in [0.2, 0.25) is 0 Å². The molecular formula is C13H13N. The Labute approximate surface area is 84.5 Å². The van der Waals surface area contributed by atoms with Crippen molar-refractivity contribution in [2.75, 3.05) is 0 Å². The summed E-state index contributed by atoms with van der Waals surface area (Å²) in [6.45, 7) is 5.83. The molecule has 1 heteroatoms. The number of benzene rings is 1. The van der Waals surface area contributed by atoms with Crippen molar-refractivity contribution in [2.24, 2.45) is 4.99 Å². The highest BCUT2D eigenvalue weighted by atomic mass is 14.8. The lowest BCUT2D eigenvalue weighted by molar-refractivity contribution is 1.39. The second kappa shape index (κ2) is 3.62. The van der Waals surface area contributed by atoms with Gasteiger partial charge in [0.15, 0.2) is 0 Å². The molecule has 0 radical (unpaired) electrons. The van der Waals surface area contributed by atoms with Crippen molar-refractivity contribution in [2.45, 2.75) is 13.3 Å². The van der Waals surface area contributed by atoms with Gasteiger partial charge in [0.25, 0.3) is 0 Å². The lowest BCUT2D eigenvalue weighted by atomic mass is 10.0. The van der Waals surface area contributed by atoms with Gasteiger partial charge in [-0.25, -0.2) is 0 Å². The van der Waals surface area contributed by atoms with Crippen LogP contribution in [0.2, 0.25) is 0 Å². The van der Waals surface area contributed by atoms with Crippen LogP contribution in [0.5, 0.6) is 0 Å². The van der Waals surface area contributed by atoms with Crippen LogP contribution in [-0.2, 0) is 6.42 Å². The Bertz CT molecular complexity index is 425. The predicted molar refractivity (Wildman–Crippen MR) is 63.1 cm³/mol. The highest BCUT2D eigenvalue weighted by Gasteiger charge is 2.11. The average Bonchev–Trinajstić information content (AvgIpc) is 2.67. The van der Waals surface area contributed by atoms with Crippen LogP contribution in [0.15, 0.2) is 29.8 Å². The standard InChI is InChI=1S/C13H13N/c1-3-5-12-10(4-2)6-7-11-8-9-14-13(11)12/h3-7,9H,2,8H2,1H3/b5-3-. The Hall–Kier alpha value is -1.63. The van der Waals surface area contributed by atoms with Gasteiger partial charge in [-0.05, 0) is 18.1 Å². The van der Waals surface area contributed by atoms with Gasteiger partial charge in [-0.15, -0.1) is 0 Å². The Morgan fingerprint density at radius 1 is 1.43 bits per heavy atom. The van der Waals surface area contributed by atoms with E-state index in [0.717, 1.165) is 17.7 Å². The Kier molecular flexibility index (Phi) is 2.32. The third-order valence-corrected chi connectivity index (χ3v) is 2.42. The molecule has 14 heavy (non-hydrogen) atoms. The number of hydrogen-bond donors (Lipinski definition) is 0. The minimum Gasteiger partial charge on any atom is -0.260 e. The van der Waals surface area contributed by atoms with E-state index in [1.165, 1.54) is 11.1 Å². The molecule has 0 bridgehead atoms. The molecule has 0 saturated heterocycles. The molecule has 0 amide bonds. The van der Waals surface area contributed by atoms with Gasteiger partial charge in [0, 0.05) is 18.2 Å². The Balaban J connectivity index is 2.67. The van der Waals surface area contributed by atoms with Crippen LogP contribution in [0.3, 0.4) is 0 Å². The van der Waals surface area contributed by atoms with Crippen molar-refractivity contribution < 1.29 is 0 Å². The molecule has 0 N–H and O–H groups in total. The lowest BCUT2D eigenvalue weighted by Crippen LogP contribution is -1.85. The average molecular weight is 183 g/mol. The van der Waals surface area contributed by atoms with Crippen LogP contribution in [-0.4, -0.2) is 6.21 Å². The summed E-state index contributed by atoms with van der Waals surface area (Å²) in [5, 5.41) is 0. The summed E-state index contributed by atoms with van der Waals surface area (Å²) in [4.78, 5) is 4.40. The fourth-order valence-corrected chi connectivity index (χ4v) is 1.74. The molecule has 1 aliphatic heterocycles. The molecule has 1 aliphatic rings. The van der Waals surface area contributed by atoms with E-state index < -0.39 is 0 Å². The van der Waals surface area contributed by atoms with Crippen LogP contribution in [0.1, 0.15) is 23.6 Å². The minimum absolute atomic E-state index is 0.956. The van der Waals surface area contributed by atoms with Crippen molar-refractivity contribution in [3.8, 4) is 0 Å². The van der Waals surface area contributed by atoms with Gasteiger partial charge < -0.3 is 0 Å². The van der Waals surface area contributed by atoms with Gasteiger partial charge in [0.05, 0.1) is 5.69 Å². The van der Waals surface area contributed by atoms with Crippen molar-refractivity contribution in [3.05, 3.63) is 41.5 Å². The lowest BCUT2D eigenvalue weighted by Gasteiger charge is -2.06. The monoisotopic (exact) mass is 183 g/mol. The van der Waals surface area contributed by atoms with E-state index in [1.54, 1.807) is 0 Å². The number of fused-ring (bicyclic) bond motifs is 1. The molecule has 1 aromatic carbocycles. The number of nitrogens with zero attached hydrogens (tertiary/aromatic N) is 1. The molecule has 0 unspecified atom stereocenters. The molecule has 0 saturated carbocycles. The maximum Gasteiger partial charge on any atom is 0.0739 e. The maximum atomic E-state index is 4.40. The smallest absolute Gasteiger partial charge is 0.0739 e. The molecule has 0 spiro atoms. The molecule has 0 aromatic heterocycles. The molecule has 70 valence electrons. The van der Waals surface area contributed by atoms with E-state index in [1.807, 2.05) is 25.3 Å². The molecular weight excluding hydrogens is 170 g/mol.